The van der Waals surface area contributed by atoms with E-state index in [1.165, 1.54) is 19.3 Å². The van der Waals surface area contributed by atoms with E-state index in [9.17, 15) is 4.79 Å². The second kappa shape index (κ2) is 6.88. The van der Waals surface area contributed by atoms with Crippen LogP contribution in [0.4, 0.5) is 5.69 Å². The number of aromatic nitrogens is 3. The third kappa shape index (κ3) is 3.39. The van der Waals surface area contributed by atoms with E-state index in [0.717, 1.165) is 33.3 Å². The van der Waals surface area contributed by atoms with Gasteiger partial charge in [0, 0.05) is 23.4 Å². The summed E-state index contributed by atoms with van der Waals surface area (Å²) in [5, 5.41) is 3.83. The van der Waals surface area contributed by atoms with E-state index in [4.69, 9.17) is 0 Å². The highest BCUT2D eigenvalue weighted by molar-refractivity contribution is 7.99. The molecule has 0 saturated heterocycles. The topological polar surface area (TPSA) is 70.7 Å². The number of aromatic amines is 1. The molecule has 1 aromatic carbocycles. The van der Waals surface area contributed by atoms with E-state index in [0.29, 0.717) is 11.5 Å². The van der Waals surface area contributed by atoms with E-state index in [1.54, 1.807) is 24.0 Å². The van der Waals surface area contributed by atoms with Gasteiger partial charge in [-0.25, -0.2) is 9.97 Å². The van der Waals surface area contributed by atoms with Crippen molar-refractivity contribution in [3.63, 3.8) is 0 Å². The number of pyridine rings is 1. The van der Waals surface area contributed by atoms with Crippen LogP contribution < -0.4 is 5.32 Å². The average molecular weight is 352 g/mol. The average Bonchev–Trinajstić information content (AvgIpc) is 2.96. The van der Waals surface area contributed by atoms with Crippen LogP contribution in [0.3, 0.4) is 0 Å². The summed E-state index contributed by atoms with van der Waals surface area (Å²) in [6, 6.07) is 9.36. The molecule has 5 nitrogen and oxygen atoms in total. The van der Waals surface area contributed by atoms with Crippen LogP contribution in [0.15, 0.2) is 41.6 Å². The second-order valence-corrected chi connectivity index (χ2v) is 7.54. The van der Waals surface area contributed by atoms with Crippen molar-refractivity contribution in [2.75, 3.05) is 11.1 Å². The maximum Gasteiger partial charge on any atom is 0.255 e. The molecule has 2 N–H and O–H groups in total. The number of hydrogen-bond donors (Lipinski definition) is 2. The molecule has 0 unspecified atom stereocenters. The molecule has 0 radical (unpaired) electrons. The lowest BCUT2D eigenvalue weighted by atomic mass is 9.85. The molecule has 0 aliphatic heterocycles. The Morgan fingerprint density at radius 2 is 2.20 bits per heavy atom. The Hall–Kier alpha value is -2.34. The Morgan fingerprint density at radius 1 is 1.32 bits per heavy atom. The van der Waals surface area contributed by atoms with Gasteiger partial charge in [-0.05, 0) is 48.9 Å². The van der Waals surface area contributed by atoms with Crippen molar-refractivity contribution in [3.8, 4) is 0 Å². The molecular weight excluding hydrogens is 332 g/mol. The molecule has 0 spiro atoms. The minimum Gasteiger partial charge on any atom is -0.342 e. The summed E-state index contributed by atoms with van der Waals surface area (Å²) >= 11 is 1.62. The van der Waals surface area contributed by atoms with Crippen molar-refractivity contribution in [3.05, 3.63) is 47.9 Å². The minimum absolute atomic E-state index is 0.126. The van der Waals surface area contributed by atoms with Crippen LogP contribution in [-0.2, 0) is 0 Å². The molecule has 2 aromatic heterocycles. The Kier molecular flexibility index (Phi) is 4.44. The summed E-state index contributed by atoms with van der Waals surface area (Å²) in [5.41, 5.74) is 3.30. The molecule has 3 aromatic rings. The van der Waals surface area contributed by atoms with Crippen LogP contribution in [-0.4, -0.2) is 26.6 Å². The zero-order chi connectivity index (χ0) is 17.2. The fraction of sp³-hybridized carbons (Fsp3) is 0.316. The lowest BCUT2D eigenvalue weighted by molar-refractivity contribution is 0.102. The zero-order valence-electron chi connectivity index (χ0n) is 14.1. The highest BCUT2D eigenvalue weighted by Gasteiger charge is 2.22. The largest absolute Gasteiger partial charge is 0.342 e. The number of hydrogen-bond acceptors (Lipinski definition) is 4. The SMILES string of the molecule is CCSc1cc(C(=O)Nc2ccc3nc(C4CCC4)[nH]c3c2)ccn1. The van der Waals surface area contributed by atoms with Crippen LogP contribution in [0.2, 0.25) is 0 Å². The smallest absolute Gasteiger partial charge is 0.255 e. The summed E-state index contributed by atoms with van der Waals surface area (Å²) in [6.45, 7) is 2.07. The molecule has 6 heteroatoms. The first kappa shape index (κ1) is 16.1. The second-order valence-electron chi connectivity index (χ2n) is 6.25. The van der Waals surface area contributed by atoms with Gasteiger partial charge in [0.05, 0.1) is 16.1 Å². The Bertz CT molecular complexity index is 917. The molecule has 2 heterocycles. The Morgan fingerprint density at radius 3 is 2.96 bits per heavy atom. The normalized spacial score (nSPS) is 14.4. The van der Waals surface area contributed by atoms with Crippen molar-refractivity contribution in [2.24, 2.45) is 0 Å². The maximum atomic E-state index is 12.5. The van der Waals surface area contributed by atoms with Crippen molar-refractivity contribution in [2.45, 2.75) is 37.1 Å². The molecule has 0 bridgehead atoms. The summed E-state index contributed by atoms with van der Waals surface area (Å²) in [6.07, 6.45) is 5.39. The van der Waals surface area contributed by atoms with Crippen molar-refractivity contribution >= 4 is 34.4 Å². The first-order valence-corrected chi connectivity index (χ1v) is 9.61. The van der Waals surface area contributed by atoms with Gasteiger partial charge in [-0.2, -0.15) is 0 Å². The molecule has 1 amide bonds. The van der Waals surface area contributed by atoms with E-state index >= 15 is 0 Å². The van der Waals surface area contributed by atoms with Gasteiger partial charge in [0.2, 0.25) is 0 Å². The first-order valence-electron chi connectivity index (χ1n) is 8.63. The first-order chi connectivity index (χ1) is 12.2. The summed E-state index contributed by atoms with van der Waals surface area (Å²) < 4.78 is 0. The number of thioether (sulfide) groups is 1. The van der Waals surface area contributed by atoms with Crippen molar-refractivity contribution < 1.29 is 4.79 Å². The molecule has 25 heavy (non-hydrogen) atoms. The number of carbonyl (C=O) groups excluding carboxylic acids is 1. The predicted octanol–water partition coefficient (Wildman–Crippen LogP) is 4.59. The van der Waals surface area contributed by atoms with Crippen molar-refractivity contribution in [1.82, 2.24) is 15.0 Å². The van der Waals surface area contributed by atoms with E-state index in [1.807, 2.05) is 24.3 Å². The number of H-pyrrole nitrogens is 1. The van der Waals surface area contributed by atoms with Crippen LogP contribution >= 0.6 is 11.8 Å². The number of imidazole rings is 1. The van der Waals surface area contributed by atoms with E-state index < -0.39 is 0 Å². The molecule has 0 atom stereocenters. The molecule has 128 valence electrons. The number of nitrogens with zero attached hydrogens (tertiary/aromatic N) is 2. The summed E-state index contributed by atoms with van der Waals surface area (Å²) in [4.78, 5) is 24.8. The lowest BCUT2D eigenvalue weighted by Crippen LogP contribution is -2.12. The number of rotatable bonds is 5. The molecule has 1 aliphatic carbocycles. The van der Waals surface area contributed by atoms with Gasteiger partial charge < -0.3 is 10.3 Å². The third-order valence-corrected chi connectivity index (χ3v) is 5.35. The number of fused-ring (bicyclic) bond motifs is 1. The van der Waals surface area contributed by atoms with E-state index in [-0.39, 0.29) is 5.91 Å². The Labute approximate surface area is 150 Å². The van der Waals surface area contributed by atoms with Gasteiger partial charge in [0.15, 0.2) is 0 Å². The fourth-order valence-electron chi connectivity index (χ4n) is 2.96. The monoisotopic (exact) mass is 352 g/mol. The Balaban J connectivity index is 1.53. The number of carbonyl (C=O) groups is 1. The summed E-state index contributed by atoms with van der Waals surface area (Å²) in [7, 11) is 0. The lowest BCUT2D eigenvalue weighted by Gasteiger charge is -2.22. The molecule has 4 rings (SSSR count). The maximum absolute atomic E-state index is 12.5. The zero-order valence-corrected chi connectivity index (χ0v) is 14.9. The van der Waals surface area contributed by atoms with Crippen LogP contribution in [0.25, 0.3) is 11.0 Å². The number of benzene rings is 1. The van der Waals surface area contributed by atoms with Gasteiger partial charge >= 0.3 is 0 Å². The van der Waals surface area contributed by atoms with Crippen LogP contribution in [0.1, 0.15) is 48.3 Å². The van der Waals surface area contributed by atoms with Crippen LogP contribution in [0.5, 0.6) is 0 Å². The highest BCUT2D eigenvalue weighted by Crippen LogP contribution is 2.35. The van der Waals surface area contributed by atoms with Gasteiger partial charge in [0.25, 0.3) is 5.91 Å². The number of nitrogens with one attached hydrogen (secondary N) is 2. The predicted molar refractivity (Wildman–Crippen MR) is 101 cm³/mol. The van der Waals surface area contributed by atoms with Gasteiger partial charge in [-0.3, -0.25) is 4.79 Å². The molecular formula is C19H20N4OS. The number of anilines is 1. The quantitative estimate of drug-likeness (QED) is 0.659. The van der Waals surface area contributed by atoms with Gasteiger partial charge in [-0.15, -0.1) is 11.8 Å². The van der Waals surface area contributed by atoms with Gasteiger partial charge in [0.1, 0.15) is 5.82 Å². The molecule has 1 saturated carbocycles. The van der Waals surface area contributed by atoms with E-state index in [2.05, 4.69) is 27.2 Å². The third-order valence-electron chi connectivity index (χ3n) is 4.54. The molecule has 1 fully saturated rings. The minimum atomic E-state index is -0.126. The highest BCUT2D eigenvalue weighted by atomic mass is 32.2. The van der Waals surface area contributed by atoms with Crippen LogP contribution in [0, 0.1) is 0 Å². The fourth-order valence-corrected chi connectivity index (χ4v) is 3.60. The molecule has 1 aliphatic rings. The number of amides is 1. The summed E-state index contributed by atoms with van der Waals surface area (Å²) in [5.74, 6) is 2.44. The van der Waals surface area contributed by atoms with Crippen molar-refractivity contribution in [1.29, 1.82) is 0 Å². The standard InChI is InChI=1S/C19H20N4OS/c1-2-25-17-10-13(8-9-20-17)19(24)21-14-6-7-15-16(11-14)23-18(22-15)12-4-3-5-12/h6-12H,2-5H2,1H3,(H,21,24)(H,22,23). The van der Waals surface area contributed by atoms with Gasteiger partial charge in [-0.1, -0.05) is 13.3 Å².